The highest BCUT2D eigenvalue weighted by Gasteiger charge is 2.07. The second-order valence-corrected chi connectivity index (χ2v) is 7.85. The SMILES string of the molecule is O=S(=O)=C1C=C(CPCC2=CC(=S(=O)=O)CC=C2)C=CC1. The van der Waals surface area contributed by atoms with E-state index in [-0.39, 0.29) is 0 Å². The molecule has 0 unspecified atom stereocenters. The van der Waals surface area contributed by atoms with E-state index in [9.17, 15) is 16.8 Å². The Labute approximate surface area is 128 Å². The van der Waals surface area contributed by atoms with Crippen molar-refractivity contribution in [3.63, 3.8) is 0 Å². The van der Waals surface area contributed by atoms with Crippen LogP contribution in [0, 0.1) is 0 Å². The van der Waals surface area contributed by atoms with Crippen LogP contribution in [0.25, 0.3) is 0 Å². The van der Waals surface area contributed by atoms with Gasteiger partial charge in [-0.05, 0) is 35.6 Å². The van der Waals surface area contributed by atoms with Crippen molar-refractivity contribution in [2.75, 3.05) is 12.3 Å². The molecule has 0 saturated carbocycles. The maximum Gasteiger partial charge on any atom is 0.217 e. The Hall–Kier alpha value is -1.23. The van der Waals surface area contributed by atoms with Gasteiger partial charge in [-0.1, -0.05) is 24.3 Å². The van der Waals surface area contributed by atoms with Gasteiger partial charge in [-0.15, -0.1) is 8.58 Å². The monoisotopic (exact) mass is 342 g/mol. The maximum atomic E-state index is 10.9. The van der Waals surface area contributed by atoms with E-state index in [2.05, 4.69) is 0 Å². The zero-order chi connectivity index (χ0) is 15.2. The van der Waals surface area contributed by atoms with Crippen molar-refractivity contribution in [1.29, 1.82) is 0 Å². The van der Waals surface area contributed by atoms with E-state index in [0.717, 1.165) is 23.5 Å². The summed E-state index contributed by atoms with van der Waals surface area (Å²) in [5.74, 6) is 0. The Balaban J connectivity index is 1.97. The molecule has 4 nitrogen and oxygen atoms in total. The average molecular weight is 342 g/mol. The van der Waals surface area contributed by atoms with Crippen LogP contribution in [0.2, 0.25) is 0 Å². The van der Waals surface area contributed by atoms with E-state index in [0.29, 0.717) is 31.2 Å². The van der Waals surface area contributed by atoms with Gasteiger partial charge in [0.2, 0.25) is 20.6 Å². The van der Waals surface area contributed by atoms with Gasteiger partial charge in [-0.2, -0.15) is 16.8 Å². The topological polar surface area (TPSA) is 68.3 Å². The van der Waals surface area contributed by atoms with E-state index < -0.39 is 20.6 Å². The molecule has 0 aromatic rings. The quantitative estimate of drug-likeness (QED) is 0.574. The standard InChI is InChI=1S/C14H15O4PS2/c15-20(16)13-5-1-3-11(7-13)9-19-10-12-4-2-6-14(8-12)21(17)18/h1-4,7-8,19H,5-6,9-10H2. The molecule has 0 aromatic carbocycles. The van der Waals surface area contributed by atoms with E-state index in [1.807, 2.05) is 24.3 Å². The van der Waals surface area contributed by atoms with Gasteiger partial charge >= 0.3 is 0 Å². The summed E-state index contributed by atoms with van der Waals surface area (Å²) < 4.78 is 43.7. The average Bonchev–Trinajstić information content (AvgIpc) is 2.48. The largest absolute Gasteiger partial charge is 0.217 e. The highest BCUT2D eigenvalue weighted by atomic mass is 32.2. The first-order valence-corrected chi connectivity index (χ1v) is 9.98. The van der Waals surface area contributed by atoms with Crippen LogP contribution in [0.3, 0.4) is 0 Å². The minimum Gasteiger partial charge on any atom is -0.184 e. The second kappa shape index (κ2) is 7.69. The van der Waals surface area contributed by atoms with Crippen molar-refractivity contribution in [3.8, 4) is 0 Å². The van der Waals surface area contributed by atoms with Gasteiger partial charge in [-0.25, -0.2) is 0 Å². The Morgan fingerprint density at radius 3 is 1.62 bits per heavy atom. The van der Waals surface area contributed by atoms with Gasteiger partial charge in [0.05, 0.1) is 9.73 Å². The van der Waals surface area contributed by atoms with Crippen LogP contribution in [0.1, 0.15) is 12.8 Å². The van der Waals surface area contributed by atoms with Crippen molar-refractivity contribution in [3.05, 3.63) is 47.6 Å². The van der Waals surface area contributed by atoms with Crippen molar-refractivity contribution in [2.45, 2.75) is 12.8 Å². The minimum absolute atomic E-state index is 0.423. The summed E-state index contributed by atoms with van der Waals surface area (Å²) in [5.41, 5.74) is 2.02. The Morgan fingerprint density at radius 2 is 1.24 bits per heavy atom. The molecular weight excluding hydrogens is 327 g/mol. The molecule has 0 amide bonds. The van der Waals surface area contributed by atoms with Gasteiger partial charge in [0.1, 0.15) is 0 Å². The summed E-state index contributed by atoms with van der Waals surface area (Å²) in [6, 6.07) is 0. The number of hydrogen-bond acceptors (Lipinski definition) is 4. The third-order valence-electron chi connectivity index (χ3n) is 3.08. The van der Waals surface area contributed by atoms with Crippen molar-refractivity contribution >= 4 is 38.9 Å². The van der Waals surface area contributed by atoms with Gasteiger partial charge in [0, 0.05) is 12.8 Å². The van der Waals surface area contributed by atoms with Gasteiger partial charge in [0.15, 0.2) is 0 Å². The third kappa shape index (κ3) is 4.92. The van der Waals surface area contributed by atoms with Crippen molar-refractivity contribution in [1.82, 2.24) is 0 Å². The molecule has 0 fully saturated rings. The number of hydrogen-bond donors (Lipinski definition) is 0. The lowest BCUT2D eigenvalue weighted by atomic mass is 10.1. The van der Waals surface area contributed by atoms with Crippen LogP contribution in [0.5, 0.6) is 0 Å². The first-order chi connectivity index (χ1) is 10.1. The zero-order valence-electron chi connectivity index (χ0n) is 11.2. The highest BCUT2D eigenvalue weighted by Crippen LogP contribution is 2.23. The molecule has 7 heteroatoms. The van der Waals surface area contributed by atoms with Crippen LogP contribution < -0.4 is 0 Å². The molecule has 0 bridgehead atoms. The summed E-state index contributed by atoms with van der Waals surface area (Å²) in [6.07, 6.45) is 13.6. The van der Waals surface area contributed by atoms with Crippen LogP contribution in [-0.2, 0) is 20.6 Å². The summed E-state index contributed by atoms with van der Waals surface area (Å²) >= 11 is 0. The molecule has 0 atom stereocenters. The lowest BCUT2D eigenvalue weighted by molar-refractivity contribution is 0.625. The molecule has 0 saturated heterocycles. The Kier molecular flexibility index (Phi) is 5.91. The first-order valence-electron chi connectivity index (χ1n) is 6.41. The summed E-state index contributed by atoms with van der Waals surface area (Å²) in [4.78, 5) is 0.845. The molecule has 2 rings (SSSR count). The molecule has 21 heavy (non-hydrogen) atoms. The van der Waals surface area contributed by atoms with Crippen LogP contribution in [0.15, 0.2) is 47.6 Å². The van der Waals surface area contributed by atoms with Gasteiger partial charge in [0.25, 0.3) is 0 Å². The predicted molar refractivity (Wildman–Crippen MR) is 89.6 cm³/mol. The molecule has 112 valence electrons. The fourth-order valence-corrected chi connectivity index (χ4v) is 4.19. The van der Waals surface area contributed by atoms with E-state index in [1.54, 1.807) is 12.2 Å². The molecular formula is C14H15O4PS2. The normalized spacial score (nSPS) is 17.5. The molecule has 0 heterocycles. The maximum absolute atomic E-state index is 10.9. The van der Waals surface area contributed by atoms with Crippen molar-refractivity contribution in [2.24, 2.45) is 0 Å². The first kappa shape index (κ1) is 16.1. The Bertz CT molecular complexity index is 736. The van der Waals surface area contributed by atoms with Crippen LogP contribution in [-0.4, -0.2) is 38.9 Å². The van der Waals surface area contributed by atoms with Crippen LogP contribution in [0.4, 0.5) is 0 Å². The van der Waals surface area contributed by atoms with Crippen molar-refractivity contribution < 1.29 is 16.8 Å². The molecule has 0 aromatic heterocycles. The fourth-order valence-electron chi connectivity index (χ4n) is 2.08. The summed E-state index contributed by atoms with van der Waals surface area (Å²) in [7, 11) is -3.70. The molecule has 0 aliphatic heterocycles. The lowest BCUT2D eigenvalue weighted by Crippen LogP contribution is -2.02. The van der Waals surface area contributed by atoms with E-state index in [1.165, 1.54) is 0 Å². The van der Waals surface area contributed by atoms with Gasteiger partial charge < -0.3 is 0 Å². The smallest absolute Gasteiger partial charge is 0.184 e. The van der Waals surface area contributed by atoms with E-state index in [4.69, 9.17) is 0 Å². The molecule has 0 spiro atoms. The zero-order valence-corrected chi connectivity index (χ0v) is 13.9. The van der Waals surface area contributed by atoms with E-state index >= 15 is 0 Å². The molecule has 2 aliphatic rings. The molecule has 2 aliphatic carbocycles. The second-order valence-electron chi connectivity index (χ2n) is 4.66. The lowest BCUT2D eigenvalue weighted by Gasteiger charge is -2.09. The highest BCUT2D eigenvalue weighted by molar-refractivity contribution is 7.73. The van der Waals surface area contributed by atoms with Crippen LogP contribution >= 0.6 is 8.58 Å². The summed E-state index contributed by atoms with van der Waals surface area (Å²) in [5, 5.41) is 0. The van der Waals surface area contributed by atoms with Gasteiger partial charge in [-0.3, -0.25) is 0 Å². The number of rotatable bonds is 4. The summed E-state index contributed by atoms with van der Waals surface area (Å²) in [6.45, 7) is 0. The fraction of sp³-hybridized carbons (Fsp3) is 0.286. The Morgan fingerprint density at radius 1 is 0.810 bits per heavy atom. The number of allylic oxidation sites excluding steroid dienone is 8. The minimum atomic E-state index is -2.14. The predicted octanol–water partition coefficient (Wildman–Crippen LogP) is 1.54. The third-order valence-corrected chi connectivity index (χ3v) is 5.82. The molecule has 0 radical (unpaired) electrons. The molecule has 0 N–H and O–H groups in total.